The van der Waals surface area contributed by atoms with E-state index in [1.54, 1.807) is 10.1 Å². The molecule has 0 saturated heterocycles. The van der Waals surface area contributed by atoms with Crippen molar-refractivity contribution in [1.29, 1.82) is 0 Å². The van der Waals surface area contributed by atoms with Crippen molar-refractivity contribution >= 4 is 29.1 Å². The van der Waals surface area contributed by atoms with E-state index in [-0.39, 0.29) is 6.42 Å². The second kappa shape index (κ2) is 5.91. The topological polar surface area (TPSA) is 93.8 Å². The molecule has 2 rings (SSSR count). The number of rotatable bonds is 6. The zero-order valence-electron chi connectivity index (χ0n) is 9.61. The Morgan fingerprint density at radius 2 is 2.44 bits per heavy atom. The van der Waals surface area contributed by atoms with E-state index in [0.717, 1.165) is 17.3 Å². The number of thiazole rings is 1. The Morgan fingerprint density at radius 3 is 3.17 bits per heavy atom. The van der Waals surface area contributed by atoms with Crippen LogP contribution in [-0.4, -0.2) is 36.3 Å². The van der Waals surface area contributed by atoms with Gasteiger partial charge in [0.2, 0.25) is 5.16 Å². The zero-order valence-corrected chi connectivity index (χ0v) is 11.2. The molecule has 0 radical (unpaired) electrons. The number of aromatic nitrogens is 5. The highest BCUT2D eigenvalue weighted by Crippen LogP contribution is 2.28. The lowest BCUT2D eigenvalue weighted by molar-refractivity contribution is -0.136. The van der Waals surface area contributed by atoms with E-state index in [9.17, 15) is 4.79 Å². The number of nitrogens with zero attached hydrogens (tertiary/aromatic N) is 5. The normalized spacial score (nSPS) is 10.7. The predicted octanol–water partition coefficient (Wildman–Crippen LogP) is 1.32. The number of carbonyl (C=O) groups is 1. The van der Waals surface area contributed by atoms with E-state index in [1.165, 1.54) is 23.1 Å². The average molecular weight is 285 g/mol. The summed E-state index contributed by atoms with van der Waals surface area (Å²) in [5.74, 6) is -0.882. The summed E-state index contributed by atoms with van der Waals surface area (Å²) in [6.45, 7) is 2.80. The minimum Gasteiger partial charge on any atom is -0.481 e. The number of carboxylic acids is 1. The summed E-state index contributed by atoms with van der Waals surface area (Å²) in [5, 5.41) is 22.5. The summed E-state index contributed by atoms with van der Waals surface area (Å²) in [6, 6.07) is 0. The van der Waals surface area contributed by atoms with E-state index in [2.05, 4.69) is 20.5 Å². The van der Waals surface area contributed by atoms with Gasteiger partial charge in [-0.05, 0) is 28.6 Å². The van der Waals surface area contributed by atoms with Crippen LogP contribution in [-0.2, 0) is 17.8 Å². The smallest absolute Gasteiger partial charge is 0.309 e. The second-order valence-electron chi connectivity index (χ2n) is 3.46. The SMILES string of the molecule is CCCn1nnnc1Sc1nc(CC(=O)O)cs1. The standard InChI is InChI=1S/C9H11N5O2S2/c1-2-3-14-8(11-12-13-14)18-9-10-6(5-17-9)4-7(15)16/h5H,2-4H2,1H3,(H,15,16). The summed E-state index contributed by atoms with van der Waals surface area (Å²) in [4.78, 5) is 14.8. The summed E-state index contributed by atoms with van der Waals surface area (Å²) in [5.41, 5.74) is 0.560. The molecule has 1 N–H and O–H groups in total. The molecule has 96 valence electrons. The lowest BCUT2D eigenvalue weighted by atomic mass is 10.3. The van der Waals surface area contributed by atoms with E-state index in [1.807, 2.05) is 6.92 Å². The third-order valence-corrected chi connectivity index (χ3v) is 3.94. The minimum absolute atomic E-state index is 0.0586. The van der Waals surface area contributed by atoms with Gasteiger partial charge in [0.25, 0.3) is 0 Å². The zero-order chi connectivity index (χ0) is 13.0. The summed E-state index contributed by atoms with van der Waals surface area (Å²) >= 11 is 2.75. The summed E-state index contributed by atoms with van der Waals surface area (Å²) < 4.78 is 2.46. The van der Waals surface area contributed by atoms with Crippen molar-refractivity contribution < 1.29 is 9.90 Å². The van der Waals surface area contributed by atoms with Gasteiger partial charge in [0, 0.05) is 11.9 Å². The van der Waals surface area contributed by atoms with Gasteiger partial charge in [-0.2, -0.15) is 0 Å². The van der Waals surface area contributed by atoms with Gasteiger partial charge in [0.1, 0.15) is 0 Å². The van der Waals surface area contributed by atoms with Crippen LogP contribution in [0.15, 0.2) is 14.9 Å². The van der Waals surface area contributed by atoms with E-state index in [4.69, 9.17) is 5.11 Å². The summed E-state index contributed by atoms with van der Waals surface area (Å²) in [7, 11) is 0. The van der Waals surface area contributed by atoms with Gasteiger partial charge in [-0.1, -0.05) is 6.92 Å². The van der Waals surface area contributed by atoms with Crippen molar-refractivity contribution in [3.63, 3.8) is 0 Å². The van der Waals surface area contributed by atoms with Crippen molar-refractivity contribution in [3.8, 4) is 0 Å². The maximum atomic E-state index is 10.6. The fourth-order valence-corrected chi connectivity index (χ4v) is 3.00. The first-order valence-corrected chi connectivity index (χ1v) is 6.99. The molecule has 0 amide bonds. The Hall–Kier alpha value is -1.48. The largest absolute Gasteiger partial charge is 0.481 e. The highest BCUT2D eigenvalue weighted by atomic mass is 32.2. The van der Waals surface area contributed by atoms with Gasteiger partial charge < -0.3 is 5.11 Å². The van der Waals surface area contributed by atoms with E-state index >= 15 is 0 Å². The number of aliphatic carboxylic acids is 1. The van der Waals surface area contributed by atoms with Gasteiger partial charge >= 0.3 is 5.97 Å². The number of hydrogen-bond donors (Lipinski definition) is 1. The molecule has 2 heterocycles. The first-order valence-electron chi connectivity index (χ1n) is 5.29. The van der Waals surface area contributed by atoms with Crippen LogP contribution in [0.2, 0.25) is 0 Å². The third-order valence-electron chi connectivity index (χ3n) is 1.98. The van der Waals surface area contributed by atoms with E-state index in [0.29, 0.717) is 10.9 Å². The predicted molar refractivity (Wildman–Crippen MR) is 65.7 cm³/mol. The maximum Gasteiger partial charge on any atom is 0.309 e. The molecule has 0 aliphatic heterocycles. The Bertz CT molecular complexity index is 539. The molecule has 7 nitrogen and oxygen atoms in total. The summed E-state index contributed by atoms with van der Waals surface area (Å²) in [6.07, 6.45) is 0.887. The highest BCUT2D eigenvalue weighted by molar-refractivity contribution is 8.00. The molecule has 0 saturated carbocycles. The lowest BCUT2D eigenvalue weighted by Crippen LogP contribution is -2.01. The van der Waals surface area contributed by atoms with Crippen LogP contribution in [0, 0.1) is 0 Å². The molecule has 0 aliphatic rings. The number of hydrogen-bond acceptors (Lipinski definition) is 7. The van der Waals surface area contributed by atoms with Crippen molar-refractivity contribution in [2.45, 2.75) is 35.8 Å². The molecule has 18 heavy (non-hydrogen) atoms. The van der Waals surface area contributed by atoms with Crippen LogP contribution < -0.4 is 0 Å². The molecule has 0 aliphatic carbocycles. The molecule has 0 fully saturated rings. The average Bonchev–Trinajstić information content (AvgIpc) is 2.90. The molecule has 9 heteroatoms. The first-order chi connectivity index (χ1) is 8.69. The Kier molecular flexibility index (Phi) is 4.26. The molecule has 0 atom stereocenters. The molecule has 0 spiro atoms. The van der Waals surface area contributed by atoms with Gasteiger partial charge in [0.15, 0.2) is 4.34 Å². The Labute approximate surface area is 111 Å². The van der Waals surface area contributed by atoms with Crippen molar-refractivity contribution in [2.24, 2.45) is 0 Å². The fourth-order valence-electron chi connectivity index (χ4n) is 1.27. The van der Waals surface area contributed by atoms with Crippen LogP contribution in [0.25, 0.3) is 0 Å². The molecule has 2 aromatic rings. The third kappa shape index (κ3) is 3.26. The Balaban J connectivity index is 2.06. The van der Waals surface area contributed by atoms with Crippen LogP contribution in [0.4, 0.5) is 0 Å². The highest BCUT2D eigenvalue weighted by Gasteiger charge is 2.11. The van der Waals surface area contributed by atoms with Crippen LogP contribution in [0.5, 0.6) is 0 Å². The Morgan fingerprint density at radius 1 is 1.61 bits per heavy atom. The van der Waals surface area contributed by atoms with Crippen molar-refractivity contribution in [3.05, 3.63) is 11.1 Å². The number of carboxylic acid groups (broad SMARTS) is 1. The van der Waals surface area contributed by atoms with Crippen molar-refractivity contribution in [1.82, 2.24) is 25.2 Å². The minimum atomic E-state index is -0.882. The van der Waals surface area contributed by atoms with Crippen LogP contribution >= 0.6 is 23.1 Å². The molecular weight excluding hydrogens is 274 g/mol. The van der Waals surface area contributed by atoms with Crippen molar-refractivity contribution in [2.75, 3.05) is 0 Å². The fraction of sp³-hybridized carbons (Fsp3) is 0.444. The number of aryl methyl sites for hydroxylation is 1. The molecule has 0 bridgehead atoms. The number of tetrazole rings is 1. The monoisotopic (exact) mass is 285 g/mol. The van der Waals surface area contributed by atoms with Gasteiger partial charge in [-0.15, -0.1) is 16.4 Å². The van der Waals surface area contributed by atoms with Gasteiger partial charge in [0.05, 0.1) is 12.1 Å². The first kappa shape index (κ1) is 13.0. The maximum absolute atomic E-state index is 10.6. The molecule has 0 aromatic carbocycles. The van der Waals surface area contributed by atoms with Gasteiger partial charge in [-0.25, -0.2) is 9.67 Å². The lowest BCUT2D eigenvalue weighted by Gasteiger charge is -1.99. The van der Waals surface area contributed by atoms with E-state index < -0.39 is 5.97 Å². The molecule has 2 aromatic heterocycles. The molecule has 0 unspecified atom stereocenters. The van der Waals surface area contributed by atoms with Crippen LogP contribution in [0.1, 0.15) is 19.0 Å². The quantitative estimate of drug-likeness (QED) is 0.855. The molecular formula is C9H11N5O2S2. The second-order valence-corrected chi connectivity index (χ2v) is 5.53. The van der Waals surface area contributed by atoms with Crippen LogP contribution in [0.3, 0.4) is 0 Å². The van der Waals surface area contributed by atoms with Gasteiger partial charge in [-0.3, -0.25) is 4.79 Å².